The molecule has 7 heteroatoms. The van der Waals surface area contributed by atoms with E-state index in [1.165, 1.54) is 128 Å². The van der Waals surface area contributed by atoms with Gasteiger partial charge in [0.25, 0.3) is 0 Å². The highest BCUT2D eigenvalue weighted by atomic mass is 16.5. The van der Waals surface area contributed by atoms with Crippen molar-refractivity contribution in [1.29, 1.82) is 0 Å². The van der Waals surface area contributed by atoms with E-state index in [1.54, 1.807) is 0 Å². The Morgan fingerprint density at radius 2 is 0.772 bits per heavy atom. The monoisotopic (exact) mass is 807 g/mol. The van der Waals surface area contributed by atoms with Crippen molar-refractivity contribution in [3.05, 3.63) is 0 Å². The maximum absolute atomic E-state index is 12.9. The van der Waals surface area contributed by atoms with Gasteiger partial charge >= 0.3 is 11.9 Å². The molecule has 0 fully saturated rings. The molecule has 0 spiro atoms. The molecule has 57 heavy (non-hydrogen) atoms. The van der Waals surface area contributed by atoms with E-state index < -0.39 is 0 Å². The number of nitrogens with zero attached hydrogens (tertiary/aromatic N) is 1. The molecule has 0 unspecified atom stereocenters. The van der Waals surface area contributed by atoms with Gasteiger partial charge in [-0.2, -0.15) is 0 Å². The summed E-state index contributed by atoms with van der Waals surface area (Å²) in [4.78, 5) is 39.9. The van der Waals surface area contributed by atoms with Crippen LogP contribution in [0.4, 0.5) is 0 Å². The summed E-state index contributed by atoms with van der Waals surface area (Å²) >= 11 is 0. The summed E-state index contributed by atoms with van der Waals surface area (Å²) in [7, 11) is 0. The zero-order chi connectivity index (χ0) is 42.0. The van der Waals surface area contributed by atoms with Crippen molar-refractivity contribution in [1.82, 2.24) is 10.2 Å². The molecular formula is C50H98N2O5. The Balaban J connectivity index is 4.22. The van der Waals surface area contributed by atoms with Gasteiger partial charge in [-0.05, 0) is 76.3 Å². The molecule has 0 aromatic rings. The second-order valence-electron chi connectivity index (χ2n) is 17.4. The fourth-order valence-electron chi connectivity index (χ4n) is 8.12. The second kappa shape index (κ2) is 42.5. The van der Waals surface area contributed by atoms with E-state index in [0.717, 1.165) is 83.8 Å². The topological polar surface area (TPSA) is 84.9 Å². The molecule has 1 amide bonds. The standard InChI is InChI=1S/C50H98N2O5/c1-7-13-33-45(34-14-8-2)43-49(54)56-41-31-27-23-19-17-21-25-29-37-47(51-48(53)39-40-52(11-5)12-6)38-30-26-22-18-20-24-28-32-42-57-50(55)44-46(35-15-9-3)36-16-10-4/h45-47H,7-44H2,1-6H3,(H,51,53). The third-order valence-electron chi connectivity index (χ3n) is 12.1. The van der Waals surface area contributed by atoms with Crippen molar-refractivity contribution in [3.63, 3.8) is 0 Å². The Morgan fingerprint density at radius 1 is 0.439 bits per heavy atom. The number of unbranched alkanes of at least 4 members (excludes halogenated alkanes) is 18. The molecule has 0 radical (unpaired) electrons. The highest BCUT2D eigenvalue weighted by molar-refractivity contribution is 5.76. The predicted molar refractivity (Wildman–Crippen MR) is 244 cm³/mol. The number of carbonyl (C=O) groups is 3. The Labute approximate surface area is 355 Å². The molecule has 0 saturated carbocycles. The van der Waals surface area contributed by atoms with Crippen molar-refractivity contribution in [2.45, 2.75) is 259 Å². The van der Waals surface area contributed by atoms with Gasteiger partial charge in [0.05, 0.1) is 13.2 Å². The van der Waals surface area contributed by atoms with Gasteiger partial charge in [-0.15, -0.1) is 0 Å². The highest BCUT2D eigenvalue weighted by Gasteiger charge is 2.16. The first-order chi connectivity index (χ1) is 27.8. The summed E-state index contributed by atoms with van der Waals surface area (Å²) in [6.07, 6.45) is 37.2. The van der Waals surface area contributed by atoms with Crippen LogP contribution in [0.25, 0.3) is 0 Å². The molecule has 0 heterocycles. The molecule has 0 aromatic carbocycles. The number of hydrogen-bond acceptors (Lipinski definition) is 6. The molecule has 0 atom stereocenters. The highest BCUT2D eigenvalue weighted by Crippen LogP contribution is 2.22. The number of amides is 1. The van der Waals surface area contributed by atoms with Crippen LogP contribution in [0, 0.1) is 11.8 Å². The van der Waals surface area contributed by atoms with Crippen LogP contribution in [-0.4, -0.2) is 61.6 Å². The lowest BCUT2D eigenvalue weighted by Gasteiger charge is -2.21. The van der Waals surface area contributed by atoms with Crippen LogP contribution < -0.4 is 5.32 Å². The third kappa shape index (κ3) is 37.1. The second-order valence-corrected chi connectivity index (χ2v) is 17.4. The van der Waals surface area contributed by atoms with E-state index in [2.05, 4.69) is 51.8 Å². The summed E-state index contributed by atoms with van der Waals surface area (Å²) in [5, 5.41) is 3.42. The number of hydrogen-bond donors (Lipinski definition) is 1. The average Bonchev–Trinajstić information content (AvgIpc) is 3.21. The Hall–Kier alpha value is -1.63. The van der Waals surface area contributed by atoms with Crippen LogP contribution >= 0.6 is 0 Å². The summed E-state index contributed by atoms with van der Waals surface area (Å²) < 4.78 is 11.2. The van der Waals surface area contributed by atoms with Gasteiger partial charge in [0, 0.05) is 31.8 Å². The lowest BCUT2D eigenvalue weighted by atomic mass is 9.93. The van der Waals surface area contributed by atoms with Crippen LogP contribution in [0.3, 0.4) is 0 Å². The predicted octanol–water partition coefficient (Wildman–Crippen LogP) is 14.1. The van der Waals surface area contributed by atoms with E-state index in [-0.39, 0.29) is 17.8 Å². The molecule has 0 saturated heterocycles. The lowest BCUT2D eigenvalue weighted by molar-refractivity contribution is -0.146. The first-order valence-corrected chi connectivity index (χ1v) is 25.2. The number of rotatable bonds is 44. The Morgan fingerprint density at radius 3 is 1.11 bits per heavy atom. The van der Waals surface area contributed by atoms with Gasteiger partial charge in [0.2, 0.25) is 5.91 Å². The fraction of sp³-hybridized carbons (Fsp3) is 0.940. The average molecular weight is 807 g/mol. The zero-order valence-electron chi connectivity index (χ0n) is 39.1. The van der Waals surface area contributed by atoms with Gasteiger partial charge in [-0.3, -0.25) is 14.4 Å². The number of esters is 2. The van der Waals surface area contributed by atoms with Crippen molar-refractivity contribution in [2.24, 2.45) is 11.8 Å². The van der Waals surface area contributed by atoms with Gasteiger partial charge < -0.3 is 19.7 Å². The molecule has 7 nitrogen and oxygen atoms in total. The maximum Gasteiger partial charge on any atom is 0.306 e. The van der Waals surface area contributed by atoms with Crippen LogP contribution in [0.1, 0.15) is 253 Å². The third-order valence-corrected chi connectivity index (χ3v) is 12.1. The largest absolute Gasteiger partial charge is 0.466 e. The number of ether oxygens (including phenoxy) is 2. The van der Waals surface area contributed by atoms with Crippen molar-refractivity contribution >= 4 is 17.8 Å². The number of carbonyl (C=O) groups excluding carboxylic acids is 3. The molecule has 0 aliphatic heterocycles. The van der Waals surface area contributed by atoms with E-state index in [1.807, 2.05) is 0 Å². The van der Waals surface area contributed by atoms with E-state index in [0.29, 0.717) is 50.4 Å². The molecule has 0 aliphatic rings. The Bertz CT molecular complexity index is 822. The zero-order valence-corrected chi connectivity index (χ0v) is 39.1. The molecular weight excluding hydrogens is 709 g/mol. The van der Waals surface area contributed by atoms with E-state index >= 15 is 0 Å². The van der Waals surface area contributed by atoms with E-state index in [4.69, 9.17) is 9.47 Å². The first kappa shape index (κ1) is 55.4. The first-order valence-electron chi connectivity index (χ1n) is 25.2. The van der Waals surface area contributed by atoms with Crippen molar-refractivity contribution < 1.29 is 23.9 Å². The summed E-state index contributed by atoms with van der Waals surface area (Å²) in [6.45, 7) is 17.2. The normalized spacial score (nSPS) is 11.7. The maximum atomic E-state index is 12.9. The van der Waals surface area contributed by atoms with Crippen LogP contribution in [-0.2, 0) is 23.9 Å². The van der Waals surface area contributed by atoms with Crippen LogP contribution in [0.5, 0.6) is 0 Å². The molecule has 1 N–H and O–H groups in total. The van der Waals surface area contributed by atoms with Gasteiger partial charge in [-0.25, -0.2) is 0 Å². The molecule has 0 bridgehead atoms. The minimum Gasteiger partial charge on any atom is -0.466 e. The molecule has 338 valence electrons. The van der Waals surface area contributed by atoms with Crippen molar-refractivity contribution in [2.75, 3.05) is 32.8 Å². The Kier molecular flexibility index (Phi) is 41.3. The minimum atomic E-state index is 0.00774. The SMILES string of the molecule is CCCCC(CCCC)CC(=O)OCCCCCCCCCCC(CCCCCCCCCCOC(=O)CC(CCCC)CCCC)NC(=O)CCN(CC)CC. The number of nitrogens with one attached hydrogen (secondary N) is 1. The van der Waals surface area contributed by atoms with Crippen LogP contribution in [0.2, 0.25) is 0 Å². The van der Waals surface area contributed by atoms with Gasteiger partial charge in [0.15, 0.2) is 0 Å². The van der Waals surface area contributed by atoms with Crippen molar-refractivity contribution in [3.8, 4) is 0 Å². The van der Waals surface area contributed by atoms with Gasteiger partial charge in [-0.1, -0.05) is 183 Å². The summed E-state index contributed by atoms with van der Waals surface area (Å²) in [5.74, 6) is 1.22. The molecule has 0 aliphatic carbocycles. The summed E-state index contributed by atoms with van der Waals surface area (Å²) in [6, 6.07) is 0.293. The van der Waals surface area contributed by atoms with E-state index in [9.17, 15) is 14.4 Å². The smallest absolute Gasteiger partial charge is 0.306 e. The molecule has 0 aromatic heterocycles. The fourth-order valence-corrected chi connectivity index (χ4v) is 8.12. The quantitative estimate of drug-likeness (QED) is 0.0487. The van der Waals surface area contributed by atoms with Gasteiger partial charge in [0.1, 0.15) is 0 Å². The summed E-state index contributed by atoms with van der Waals surface area (Å²) in [5.41, 5.74) is 0. The minimum absolute atomic E-state index is 0.00774. The lowest BCUT2D eigenvalue weighted by Crippen LogP contribution is -2.37. The van der Waals surface area contributed by atoms with Crippen LogP contribution in [0.15, 0.2) is 0 Å². The molecule has 0 rings (SSSR count).